The van der Waals surface area contributed by atoms with Crippen LogP contribution in [-0.4, -0.2) is 17.7 Å². The van der Waals surface area contributed by atoms with Crippen molar-refractivity contribution in [3.05, 3.63) is 12.2 Å². The Kier molecular flexibility index (Phi) is 16.3. The van der Waals surface area contributed by atoms with E-state index in [-0.39, 0.29) is 0 Å². The predicted molar refractivity (Wildman–Crippen MR) is 90.9 cm³/mol. The number of hydrogen-bond acceptors (Lipinski definition) is 1. The van der Waals surface area contributed by atoms with Crippen LogP contribution in [0.3, 0.4) is 0 Å². The van der Waals surface area contributed by atoms with Gasteiger partial charge in [-0.15, -0.1) is 0 Å². The average molecular weight is 297 g/mol. The van der Waals surface area contributed by atoms with Crippen molar-refractivity contribution in [2.24, 2.45) is 0 Å². The molecule has 3 nitrogen and oxygen atoms in total. The first-order valence-corrected chi connectivity index (χ1v) is 8.89. The molecule has 0 aromatic heterocycles. The van der Waals surface area contributed by atoms with Crippen molar-refractivity contribution in [2.45, 2.75) is 90.4 Å². The Balaban J connectivity index is 3.07. The van der Waals surface area contributed by atoms with Crippen LogP contribution in [0.1, 0.15) is 90.4 Å². The Morgan fingerprint density at radius 3 is 1.81 bits per heavy atom. The smallest absolute Gasteiger partial charge is 0.404 e. The largest absolute Gasteiger partial charge is 0.465 e. The quantitative estimate of drug-likeness (QED) is 0.292. The molecule has 124 valence electrons. The van der Waals surface area contributed by atoms with Crippen LogP contribution in [0.4, 0.5) is 4.79 Å². The summed E-state index contributed by atoms with van der Waals surface area (Å²) in [5.41, 5.74) is 0. The lowest BCUT2D eigenvalue weighted by Gasteiger charge is -2.01. The third-order valence-electron chi connectivity index (χ3n) is 3.71. The van der Waals surface area contributed by atoms with Gasteiger partial charge < -0.3 is 10.4 Å². The van der Waals surface area contributed by atoms with E-state index < -0.39 is 6.09 Å². The zero-order valence-corrected chi connectivity index (χ0v) is 13.9. The maximum Gasteiger partial charge on any atom is 0.404 e. The number of amides is 1. The molecule has 0 aliphatic rings. The highest BCUT2D eigenvalue weighted by atomic mass is 16.4. The van der Waals surface area contributed by atoms with Gasteiger partial charge in [-0.3, -0.25) is 0 Å². The Bertz CT molecular complexity index is 252. The SMILES string of the molecule is CCCCCCCCC=CCCCCCCCNC(=O)O. The van der Waals surface area contributed by atoms with Crippen LogP contribution in [0.15, 0.2) is 12.2 Å². The van der Waals surface area contributed by atoms with Gasteiger partial charge in [-0.1, -0.05) is 70.4 Å². The van der Waals surface area contributed by atoms with Crippen LogP contribution < -0.4 is 5.32 Å². The van der Waals surface area contributed by atoms with Crippen LogP contribution in [-0.2, 0) is 0 Å². The van der Waals surface area contributed by atoms with Crippen LogP contribution in [0.25, 0.3) is 0 Å². The number of rotatable bonds is 15. The van der Waals surface area contributed by atoms with Crippen molar-refractivity contribution in [2.75, 3.05) is 6.54 Å². The zero-order valence-electron chi connectivity index (χ0n) is 13.9. The first-order valence-electron chi connectivity index (χ1n) is 8.89. The molecule has 0 saturated carbocycles. The van der Waals surface area contributed by atoms with E-state index in [4.69, 9.17) is 5.11 Å². The summed E-state index contributed by atoms with van der Waals surface area (Å²) in [4.78, 5) is 10.2. The summed E-state index contributed by atoms with van der Waals surface area (Å²) in [6, 6.07) is 0. The van der Waals surface area contributed by atoms with E-state index >= 15 is 0 Å². The number of carboxylic acid groups (broad SMARTS) is 1. The van der Waals surface area contributed by atoms with E-state index in [0.717, 1.165) is 12.8 Å². The van der Waals surface area contributed by atoms with Crippen molar-refractivity contribution in [3.8, 4) is 0 Å². The van der Waals surface area contributed by atoms with Crippen molar-refractivity contribution >= 4 is 6.09 Å². The van der Waals surface area contributed by atoms with Crippen molar-refractivity contribution in [1.29, 1.82) is 0 Å². The van der Waals surface area contributed by atoms with Gasteiger partial charge in [0.15, 0.2) is 0 Å². The molecule has 0 spiro atoms. The molecule has 0 bridgehead atoms. The minimum absolute atomic E-state index is 0.591. The molecule has 0 atom stereocenters. The highest BCUT2D eigenvalue weighted by molar-refractivity contribution is 5.64. The van der Waals surface area contributed by atoms with Gasteiger partial charge in [0.1, 0.15) is 0 Å². The molecule has 0 aliphatic carbocycles. The summed E-state index contributed by atoms with van der Waals surface area (Å²) in [5.74, 6) is 0. The summed E-state index contributed by atoms with van der Waals surface area (Å²) in [6.45, 7) is 2.85. The van der Waals surface area contributed by atoms with E-state index in [2.05, 4.69) is 24.4 Å². The van der Waals surface area contributed by atoms with Crippen molar-refractivity contribution in [1.82, 2.24) is 5.32 Å². The van der Waals surface area contributed by atoms with E-state index in [1.807, 2.05) is 0 Å². The maximum absolute atomic E-state index is 10.2. The molecular weight excluding hydrogens is 262 g/mol. The molecule has 3 heteroatoms. The molecule has 2 N–H and O–H groups in total. The molecular formula is C18H35NO2. The fourth-order valence-corrected chi connectivity index (χ4v) is 2.39. The predicted octanol–water partition coefficient (Wildman–Crippen LogP) is 5.90. The molecule has 0 heterocycles. The van der Waals surface area contributed by atoms with Gasteiger partial charge in [-0.05, 0) is 32.1 Å². The molecule has 0 saturated heterocycles. The second kappa shape index (κ2) is 17.1. The summed E-state index contributed by atoms with van der Waals surface area (Å²) in [7, 11) is 0. The first-order chi connectivity index (χ1) is 10.3. The van der Waals surface area contributed by atoms with Crippen LogP contribution in [0, 0.1) is 0 Å². The van der Waals surface area contributed by atoms with Gasteiger partial charge in [0.2, 0.25) is 0 Å². The van der Waals surface area contributed by atoms with Crippen LogP contribution >= 0.6 is 0 Å². The Labute approximate surface area is 131 Å². The van der Waals surface area contributed by atoms with Crippen LogP contribution in [0.2, 0.25) is 0 Å². The first kappa shape index (κ1) is 20.0. The van der Waals surface area contributed by atoms with Gasteiger partial charge in [0, 0.05) is 6.54 Å². The van der Waals surface area contributed by atoms with Gasteiger partial charge in [0.25, 0.3) is 0 Å². The number of unbranched alkanes of at least 4 members (excludes halogenated alkanes) is 11. The molecule has 1 amide bonds. The Morgan fingerprint density at radius 1 is 0.810 bits per heavy atom. The summed E-state index contributed by atoms with van der Waals surface area (Å²) >= 11 is 0. The highest BCUT2D eigenvalue weighted by Gasteiger charge is 1.93. The van der Waals surface area contributed by atoms with Gasteiger partial charge in [-0.2, -0.15) is 0 Å². The molecule has 0 radical (unpaired) electrons. The van der Waals surface area contributed by atoms with Crippen molar-refractivity contribution in [3.63, 3.8) is 0 Å². The van der Waals surface area contributed by atoms with E-state index in [1.54, 1.807) is 0 Å². The minimum Gasteiger partial charge on any atom is -0.465 e. The Morgan fingerprint density at radius 2 is 1.29 bits per heavy atom. The van der Waals surface area contributed by atoms with Crippen molar-refractivity contribution < 1.29 is 9.90 Å². The minimum atomic E-state index is -0.912. The standard InChI is InChI=1S/C18H35NO2/c1-2-3-4-5-6-7-8-9-10-11-12-13-14-15-16-17-19-18(20)21/h9-10,19H,2-8,11-17H2,1H3,(H,20,21). The monoisotopic (exact) mass is 297 g/mol. The van der Waals surface area contributed by atoms with Crippen LogP contribution in [0.5, 0.6) is 0 Å². The van der Waals surface area contributed by atoms with Gasteiger partial charge >= 0.3 is 6.09 Å². The second-order valence-electron chi connectivity index (χ2n) is 5.82. The van der Waals surface area contributed by atoms with E-state index in [0.29, 0.717) is 6.54 Å². The number of carbonyl (C=O) groups is 1. The lowest BCUT2D eigenvalue weighted by atomic mass is 10.1. The van der Waals surface area contributed by atoms with Gasteiger partial charge in [-0.25, -0.2) is 4.79 Å². The number of hydrogen-bond donors (Lipinski definition) is 2. The average Bonchev–Trinajstić information content (AvgIpc) is 2.46. The third-order valence-corrected chi connectivity index (χ3v) is 3.71. The van der Waals surface area contributed by atoms with E-state index in [9.17, 15) is 4.79 Å². The molecule has 0 fully saturated rings. The zero-order chi connectivity index (χ0) is 15.6. The molecule has 21 heavy (non-hydrogen) atoms. The molecule has 0 unspecified atom stereocenters. The maximum atomic E-state index is 10.2. The molecule has 0 aromatic rings. The molecule has 0 aliphatic heterocycles. The molecule has 0 aromatic carbocycles. The lowest BCUT2D eigenvalue weighted by Crippen LogP contribution is -2.21. The highest BCUT2D eigenvalue weighted by Crippen LogP contribution is 2.09. The van der Waals surface area contributed by atoms with Gasteiger partial charge in [0.05, 0.1) is 0 Å². The lowest BCUT2D eigenvalue weighted by molar-refractivity contribution is 0.194. The number of allylic oxidation sites excluding steroid dienone is 2. The molecule has 0 rings (SSSR count). The third kappa shape index (κ3) is 19.0. The number of nitrogens with one attached hydrogen (secondary N) is 1. The Hall–Kier alpha value is -0.990. The second-order valence-corrected chi connectivity index (χ2v) is 5.82. The fourth-order valence-electron chi connectivity index (χ4n) is 2.39. The topological polar surface area (TPSA) is 49.3 Å². The fraction of sp³-hybridized carbons (Fsp3) is 0.833. The summed E-state index contributed by atoms with van der Waals surface area (Å²) in [5, 5.41) is 10.8. The normalized spacial score (nSPS) is 11.1. The van der Waals surface area contributed by atoms with E-state index in [1.165, 1.54) is 70.6 Å². The summed E-state index contributed by atoms with van der Waals surface area (Å²) in [6.07, 6.45) is 20.3. The summed E-state index contributed by atoms with van der Waals surface area (Å²) < 4.78 is 0.